The lowest BCUT2D eigenvalue weighted by molar-refractivity contribution is 0.232. The molecule has 15 heavy (non-hydrogen) atoms. The smallest absolute Gasteiger partial charge is 0.278 e. The molecule has 0 aliphatic carbocycles. The largest absolute Gasteiger partial charge is 0.496 e. The average molecular weight is 290 g/mol. The van der Waals surface area contributed by atoms with Crippen molar-refractivity contribution < 1.29 is 9.53 Å². The predicted octanol–water partition coefficient (Wildman–Crippen LogP) is 2.94. The number of methoxy groups -OCH3 is 1. The van der Waals surface area contributed by atoms with Crippen molar-refractivity contribution in [3.63, 3.8) is 0 Å². The van der Waals surface area contributed by atoms with Crippen LogP contribution in [0.25, 0.3) is 0 Å². The Hall–Kier alpha value is -0.680. The summed E-state index contributed by atoms with van der Waals surface area (Å²) < 4.78 is 5.99. The number of hydrogen-bond donors (Lipinski definition) is 1. The predicted molar refractivity (Wildman–Crippen MR) is 66.5 cm³/mol. The van der Waals surface area contributed by atoms with Crippen molar-refractivity contribution >= 4 is 33.8 Å². The molecule has 1 amide bonds. The molecule has 1 aromatic carbocycles. The minimum Gasteiger partial charge on any atom is -0.496 e. The van der Waals surface area contributed by atoms with E-state index in [4.69, 9.17) is 4.74 Å². The first-order valence-electron chi connectivity index (χ1n) is 4.31. The summed E-state index contributed by atoms with van der Waals surface area (Å²) in [7, 11) is 3.32. The Morgan fingerprint density at radius 2 is 2.27 bits per heavy atom. The van der Waals surface area contributed by atoms with Gasteiger partial charge in [0.1, 0.15) is 5.75 Å². The van der Waals surface area contributed by atoms with Crippen molar-refractivity contribution in [2.24, 2.45) is 0 Å². The van der Waals surface area contributed by atoms with Gasteiger partial charge in [0.25, 0.3) is 5.24 Å². The van der Waals surface area contributed by atoms with E-state index in [1.165, 1.54) is 4.90 Å². The molecule has 1 rings (SSSR count). The monoisotopic (exact) mass is 289 g/mol. The molecule has 0 unspecified atom stereocenters. The van der Waals surface area contributed by atoms with Gasteiger partial charge in [-0.05, 0) is 33.6 Å². The molecule has 0 saturated heterocycles. The first-order valence-corrected chi connectivity index (χ1v) is 5.55. The molecule has 0 aromatic heterocycles. The highest BCUT2D eigenvalue weighted by molar-refractivity contribution is 9.10. The fraction of sp³-hybridized carbons (Fsp3) is 0.300. The first kappa shape index (κ1) is 12.4. The number of rotatable bonds is 3. The maximum atomic E-state index is 10.9. The third-order valence-electron chi connectivity index (χ3n) is 1.96. The topological polar surface area (TPSA) is 29.5 Å². The zero-order valence-electron chi connectivity index (χ0n) is 8.53. The van der Waals surface area contributed by atoms with Gasteiger partial charge in [0.05, 0.1) is 11.6 Å². The third-order valence-corrected chi connectivity index (χ3v) is 2.92. The molecule has 5 heteroatoms. The molecule has 0 bridgehead atoms. The lowest BCUT2D eigenvalue weighted by Crippen LogP contribution is -2.20. The summed E-state index contributed by atoms with van der Waals surface area (Å²) >= 11 is 7.13. The van der Waals surface area contributed by atoms with Gasteiger partial charge in [0.2, 0.25) is 0 Å². The van der Waals surface area contributed by atoms with Crippen molar-refractivity contribution in [1.29, 1.82) is 0 Å². The number of hydrogen-bond acceptors (Lipinski definition) is 2. The van der Waals surface area contributed by atoms with Gasteiger partial charge in [-0.1, -0.05) is 18.7 Å². The molecule has 0 aliphatic heterocycles. The number of amides is 1. The van der Waals surface area contributed by atoms with E-state index >= 15 is 0 Å². The van der Waals surface area contributed by atoms with E-state index in [1.807, 2.05) is 18.2 Å². The van der Waals surface area contributed by atoms with E-state index in [9.17, 15) is 4.79 Å². The SMILES string of the molecule is COc1ccc(CN(C)C(=O)S)cc1Br. The number of nitrogens with zero attached hydrogens (tertiary/aromatic N) is 1. The Bertz CT molecular complexity index is 370. The maximum absolute atomic E-state index is 10.9. The van der Waals surface area contributed by atoms with E-state index in [0.717, 1.165) is 15.8 Å². The second kappa shape index (κ2) is 5.42. The van der Waals surface area contributed by atoms with Crippen LogP contribution in [0.1, 0.15) is 5.56 Å². The molecule has 0 atom stereocenters. The third kappa shape index (κ3) is 3.43. The second-order valence-electron chi connectivity index (χ2n) is 3.11. The van der Waals surface area contributed by atoms with Crippen molar-refractivity contribution in [1.82, 2.24) is 4.90 Å². The van der Waals surface area contributed by atoms with E-state index in [0.29, 0.717) is 6.54 Å². The van der Waals surface area contributed by atoms with Gasteiger partial charge < -0.3 is 9.64 Å². The number of carbonyl (C=O) groups is 1. The molecule has 0 N–H and O–H groups in total. The molecule has 0 heterocycles. The lowest BCUT2D eigenvalue weighted by Gasteiger charge is -2.14. The standard InChI is InChI=1S/C10H12BrNO2S/c1-12(10(13)15)6-7-3-4-9(14-2)8(11)5-7/h3-5H,6H2,1-2H3,(H,13,15). The molecule has 0 spiro atoms. The van der Waals surface area contributed by atoms with Crippen LogP contribution in [0.4, 0.5) is 4.79 Å². The summed E-state index contributed by atoms with van der Waals surface area (Å²) in [4.78, 5) is 12.4. The van der Waals surface area contributed by atoms with E-state index in [1.54, 1.807) is 14.2 Å². The first-order chi connectivity index (χ1) is 7.04. The summed E-state index contributed by atoms with van der Waals surface area (Å²) in [6, 6.07) is 5.69. The highest BCUT2D eigenvalue weighted by atomic mass is 79.9. The Labute approximate surface area is 103 Å². The molecular formula is C10H12BrNO2S. The van der Waals surface area contributed by atoms with Gasteiger partial charge in [-0.3, -0.25) is 4.79 Å². The Kier molecular flexibility index (Phi) is 4.47. The molecule has 0 saturated carbocycles. The fourth-order valence-electron chi connectivity index (χ4n) is 1.15. The van der Waals surface area contributed by atoms with Crippen LogP contribution < -0.4 is 4.74 Å². The molecule has 1 aromatic rings. The van der Waals surface area contributed by atoms with E-state index in [2.05, 4.69) is 28.6 Å². The van der Waals surface area contributed by atoms with Gasteiger partial charge in [-0.15, -0.1) is 0 Å². The normalized spacial score (nSPS) is 9.87. The summed E-state index contributed by atoms with van der Waals surface area (Å²) in [5, 5.41) is -0.248. The number of carbonyl (C=O) groups excluding carboxylic acids is 1. The van der Waals surface area contributed by atoms with Crippen LogP contribution in [0.15, 0.2) is 22.7 Å². The molecule has 3 nitrogen and oxygen atoms in total. The lowest BCUT2D eigenvalue weighted by atomic mass is 10.2. The van der Waals surface area contributed by atoms with Crippen LogP contribution in [0, 0.1) is 0 Å². The Morgan fingerprint density at radius 3 is 2.73 bits per heavy atom. The van der Waals surface area contributed by atoms with E-state index in [-0.39, 0.29) is 5.24 Å². The maximum Gasteiger partial charge on any atom is 0.278 e. The second-order valence-corrected chi connectivity index (χ2v) is 4.34. The molecular weight excluding hydrogens is 278 g/mol. The minimum absolute atomic E-state index is 0.248. The van der Waals surface area contributed by atoms with Gasteiger partial charge in [-0.25, -0.2) is 0 Å². The van der Waals surface area contributed by atoms with Crippen molar-refractivity contribution in [2.45, 2.75) is 6.54 Å². The van der Waals surface area contributed by atoms with Gasteiger partial charge in [-0.2, -0.15) is 0 Å². The Balaban J connectivity index is 2.79. The zero-order valence-corrected chi connectivity index (χ0v) is 11.0. The van der Waals surface area contributed by atoms with Crippen molar-refractivity contribution in [3.05, 3.63) is 28.2 Å². The highest BCUT2D eigenvalue weighted by Crippen LogP contribution is 2.25. The fourth-order valence-corrected chi connectivity index (χ4v) is 1.81. The van der Waals surface area contributed by atoms with E-state index < -0.39 is 0 Å². The molecule has 0 fully saturated rings. The van der Waals surface area contributed by atoms with Crippen LogP contribution in [-0.4, -0.2) is 24.3 Å². The summed E-state index contributed by atoms with van der Waals surface area (Å²) in [5.74, 6) is 0.776. The number of halogens is 1. The van der Waals surface area contributed by atoms with Gasteiger partial charge in [0.15, 0.2) is 0 Å². The van der Waals surface area contributed by atoms with Crippen molar-refractivity contribution in [3.8, 4) is 5.75 Å². The average Bonchev–Trinajstić information content (AvgIpc) is 2.18. The van der Waals surface area contributed by atoms with Gasteiger partial charge >= 0.3 is 0 Å². The number of ether oxygens (including phenoxy) is 1. The highest BCUT2D eigenvalue weighted by Gasteiger charge is 2.06. The van der Waals surface area contributed by atoms with Crippen LogP contribution in [0.2, 0.25) is 0 Å². The van der Waals surface area contributed by atoms with Gasteiger partial charge in [0, 0.05) is 13.6 Å². The number of thiol groups is 1. The summed E-state index contributed by atoms with van der Waals surface area (Å²) in [6.07, 6.45) is 0. The number of benzene rings is 1. The van der Waals surface area contributed by atoms with Crippen LogP contribution in [-0.2, 0) is 6.54 Å². The minimum atomic E-state index is -0.248. The molecule has 82 valence electrons. The van der Waals surface area contributed by atoms with Crippen LogP contribution in [0.3, 0.4) is 0 Å². The molecule has 0 aliphatic rings. The quantitative estimate of drug-likeness (QED) is 0.867. The van der Waals surface area contributed by atoms with Crippen LogP contribution in [0.5, 0.6) is 5.75 Å². The zero-order chi connectivity index (χ0) is 11.4. The summed E-state index contributed by atoms with van der Waals surface area (Å²) in [6.45, 7) is 0.533. The van der Waals surface area contributed by atoms with Crippen LogP contribution >= 0.6 is 28.6 Å². The Morgan fingerprint density at radius 1 is 1.60 bits per heavy atom. The molecule has 0 radical (unpaired) electrons. The van der Waals surface area contributed by atoms with Crippen molar-refractivity contribution in [2.75, 3.05) is 14.2 Å². The summed E-state index contributed by atoms with van der Waals surface area (Å²) in [5.41, 5.74) is 1.02.